The van der Waals surface area contributed by atoms with E-state index in [1.54, 1.807) is 31.4 Å². The van der Waals surface area contributed by atoms with E-state index in [1.165, 1.54) is 19.3 Å². The lowest BCUT2D eigenvalue weighted by Gasteiger charge is -2.25. The fourth-order valence-electron chi connectivity index (χ4n) is 6.42. The monoisotopic (exact) mass is 501 g/mol. The quantitative estimate of drug-likeness (QED) is 0.547. The number of amides is 2. The Labute approximate surface area is 217 Å². The Balaban J connectivity index is 1.22. The topological polar surface area (TPSA) is 96.2 Å². The molecule has 3 fully saturated rings. The van der Waals surface area contributed by atoms with Crippen LogP contribution in [0, 0.1) is 11.8 Å². The lowest BCUT2D eigenvalue weighted by atomic mass is 10.0. The van der Waals surface area contributed by atoms with Crippen LogP contribution in [0.5, 0.6) is 0 Å². The molecule has 0 aromatic carbocycles. The molecule has 0 radical (unpaired) electrons. The maximum Gasteiger partial charge on any atom is 0.270 e. The molecule has 4 heterocycles. The minimum absolute atomic E-state index is 0.0291. The molecule has 1 aliphatic heterocycles. The van der Waals surface area contributed by atoms with E-state index in [-0.39, 0.29) is 17.9 Å². The Morgan fingerprint density at radius 1 is 1.00 bits per heavy atom. The number of carbonyl (C=O) groups excluding carboxylic acids is 2. The van der Waals surface area contributed by atoms with E-state index in [0.717, 1.165) is 62.1 Å². The molecule has 1 N–H and O–H groups in total. The molecule has 9 nitrogen and oxygen atoms in total. The van der Waals surface area contributed by atoms with Gasteiger partial charge >= 0.3 is 0 Å². The summed E-state index contributed by atoms with van der Waals surface area (Å²) in [5.41, 5.74) is 2.03. The molecule has 3 aliphatic rings. The Bertz CT molecular complexity index is 1310. The summed E-state index contributed by atoms with van der Waals surface area (Å²) < 4.78 is 2.10. The number of carbonyl (C=O) groups is 2. The van der Waals surface area contributed by atoms with Crippen molar-refractivity contribution in [3.8, 4) is 0 Å². The van der Waals surface area contributed by atoms with Gasteiger partial charge in [-0.2, -0.15) is 4.98 Å². The molecule has 0 unspecified atom stereocenters. The molecule has 194 valence electrons. The lowest BCUT2D eigenvalue weighted by molar-refractivity contribution is 0.0732. The van der Waals surface area contributed by atoms with Gasteiger partial charge in [-0.05, 0) is 62.1 Å². The second-order valence-corrected chi connectivity index (χ2v) is 11.2. The second-order valence-electron chi connectivity index (χ2n) is 11.2. The SMILES string of the molecule is CN(C)C(=O)c1cc2cnc(Nc3ccc(C(=O)N4CC[C@@H]5CC[C@@H](C5)C4)cn3)nc2n1C1CCCC1. The molecule has 0 spiro atoms. The van der Waals surface area contributed by atoms with Crippen LogP contribution in [0.1, 0.15) is 78.3 Å². The van der Waals surface area contributed by atoms with E-state index in [0.29, 0.717) is 28.9 Å². The first kappa shape index (κ1) is 23.9. The highest BCUT2D eigenvalue weighted by Gasteiger charge is 2.32. The summed E-state index contributed by atoms with van der Waals surface area (Å²) in [4.78, 5) is 43.4. The van der Waals surface area contributed by atoms with Crippen molar-refractivity contribution in [1.29, 1.82) is 0 Å². The van der Waals surface area contributed by atoms with Crippen LogP contribution >= 0.6 is 0 Å². The third kappa shape index (κ3) is 4.67. The summed E-state index contributed by atoms with van der Waals surface area (Å²) in [5, 5.41) is 4.04. The zero-order valence-electron chi connectivity index (χ0n) is 21.7. The summed E-state index contributed by atoms with van der Waals surface area (Å²) in [7, 11) is 3.54. The minimum Gasteiger partial charge on any atom is -0.343 e. The predicted molar refractivity (Wildman–Crippen MR) is 142 cm³/mol. The van der Waals surface area contributed by atoms with Crippen molar-refractivity contribution >= 4 is 34.6 Å². The zero-order chi connectivity index (χ0) is 25.5. The third-order valence-electron chi connectivity index (χ3n) is 8.36. The van der Waals surface area contributed by atoms with Gasteiger partial charge in [0.15, 0.2) is 0 Å². The molecule has 1 saturated heterocycles. The highest BCUT2D eigenvalue weighted by Crippen LogP contribution is 2.37. The number of pyridine rings is 1. The molecule has 3 aromatic heterocycles. The smallest absolute Gasteiger partial charge is 0.270 e. The summed E-state index contributed by atoms with van der Waals surface area (Å²) in [5.74, 6) is 2.47. The zero-order valence-corrected chi connectivity index (χ0v) is 21.7. The van der Waals surface area contributed by atoms with Crippen LogP contribution in [-0.4, -0.2) is 68.3 Å². The summed E-state index contributed by atoms with van der Waals surface area (Å²) in [6.45, 7) is 1.70. The van der Waals surface area contributed by atoms with E-state index in [1.807, 2.05) is 23.1 Å². The van der Waals surface area contributed by atoms with Crippen molar-refractivity contribution in [2.24, 2.45) is 11.8 Å². The molecule has 2 saturated carbocycles. The average Bonchev–Trinajstić information content (AvgIpc) is 3.62. The average molecular weight is 502 g/mol. The molecule has 2 aliphatic carbocycles. The van der Waals surface area contributed by atoms with Crippen molar-refractivity contribution in [2.45, 2.75) is 57.4 Å². The predicted octanol–water partition coefficient (Wildman–Crippen LogP) is 4.65. The Kier molecular flexibility index (Phi) is 6.30. The minimum atomic E-state index is -0.0291. The maximum atomic E-state index is 13.1. The molecule has 9 heteroatoms. The van der Waals surface area contributed by atoms with E-state index in [2.05, 4.69) is 19.9 Å². The molecule has 37 heavy (non-hydrogen) atoms. The van der Waals surface area contributed by atoms with Gasteiger partial charge in [0.25, 0.3) is 11.8 Å². The molecule has 2 atom stereocenters. The molecule has 2 amide bonds. The standard InChI is InChI=1S/C28H35N7O2/c1-33(2)27(37)23-14-21-16-30-28(32-25(21)35(23)22-5-3-4-6-22)31-24-10-9-20(15-29-24)26(36)34-12-11-18-7-8-19(13-18)17-34/h9-10,14-16,18-19,22H,3-8,11-13,17H2,1-2H3,(H,29,30,31,32)/t18-,19-/m0/s1. The summed E-state index contributed by atoms with van der Waals surface area (Å²) in [6, 6.07) is 5.79. The van der Waals surface area contributed by atoms with Crippen molar-refractivity contribution in [3.05, 3.63) is 41.9 Å². The van der Waals surface area contributed by atoms with E-state index < -0.39 is 0 Å². The van der Waals surface area contributed by atoms with Gasteiger partial charge in [0, 0.05) is 51.0 Å². The highest BCUT2D eigenvalue weighted by atomic mass is 16.2. The Morgan fingerprint density at radius 3 is 2.57 bits per heavy atom. The van der Waals surface area contributed by atoms with E-state index in [4.69, 9.17) is 4.98 Å². The number of rotatable bonds is 5. The van der Waals surface area contributed by atoms with Gasteiger partial charge in [0.2, 0.25) is 5.95 Å². The van der Waals surface area contributed by atoms with Crippen LogP contribution in [0.2, 0.25) is 0 Å². The summed E-state index contributed by atoms with van der Waals surface area (Å²) >= 11 is 0. The number of hydrogen-bond acceptors (Lipinski definition) is 6. The Morgan fingerprint density at radius 2 is 1.81 bits per heavy atom. The van der Waals surface area contributed by atoms with Crippen molar-refractivity contribution in [3.63, 3.8) is 0 Å². The van der Waals surface area contributed by atoms with Crippen LogP contribution in [0.15, 0.2) is 30.6 Å². The molecule has 3 aromatic rings. The first-order valence-electron chi connectivity index (χ1n) is 13.6. The van der Waals surface area contributed by atoms with Gasteiger partial charge in [0.05, 0.1) is 5.56 Å². The van der Waals surface area contributed by atoms with E-state index in [9.17, 15) is 9.59 Å². The van der Waals surface area contributed by atoms with Crippen LogP contribution in [0.4, 0.5) is 11.8 Å². The van der Waals surface area contributed by atoms with Crippen LogP contribution in [0.25, 0.3) is 11.0 Å². The van der Waals surface area contributed by atoms with Gasteiger partial charge in [0.1, 0.15) is 17.2 Å². The van der Waals surface area contributed by atoms with Crippen molar-refractivity contribution in [1.82, 2.24) is 29.3 Å². The number of likely N-dealkylation sites (tertiary alicyclic amines) is 1. The maximum absolute atomic E-state index is 13.1. The number of nitrogens with one attached hydrogen (secondary N) is 1. The second kappa shape index (κ2) is 9.76. The van der Waals surface area contributed by atoms with Crippen molar-refractivity contribution in [2.75, 3.05) is 32.5 Å². The highest BCUT2D eigenvalue weighted by molar-refractivity contribution is 5.98. The molecular formula is C28H35N7O2. The van der Waals surface area contributed by atoms with Gasteiger partial charge in [-0.15, -0.1) is 0 Å². The summed E-state index contributed by atoms with van der Waals surface area (Å²) in [6.07, 6.45) is 12.7. The number of anilines is 2. The van der Waals surface area contributed by atoms with Gasteiger partial charge in [-0.3, -0.25) is 9.59 Å². The Hall–Kier alpha value is -3.49. The first-order valence-corrected chi connectivity index (χ1v) is 13.6. The van der Waals surface area contributed by atoms with Crippen LogP contribution < -0.4 is 5.32 Å². The lowest BCUT2D eigenvalue weighted by Crippen LogP contribution is -2.35. The van der Waals surface area contributed by atoms with E-state index >= 15 is 0 Å². The normalized spacial score (nSPS) is 21.8. The molecule has 2 bridgehead atoms. The number of aromatic nitrogens is 4. The van der Waals surface area contributed by atoms with Crippen molar-refractivity contribution < 1.29 is 9.59 Å². The fraction of sp³-hybridized carbons (Fsp3) is 0.536. The number of nitrogens with zero attached hydrogens (tertiary/aromatic N) is 6. The first-order chi connectivity index (χ1) is 18.0. The third-order valence-corrected chi connectivity index (χ3v) is 8.36. The van der Waals surface area contributed by atoms with Crippen LogP contribution in [0.3, 0.4) is 0 Å². The van der Waals surface area contributed by atoms with Gasteiger partial charge in [-0.25, -0.2) is 9.97 Å². The number of hydrogen-bond donors (Lipinski definition) is 1. The largest absolute Gasteiger partial charge is 0.343 e. The molecule has 6 rings (SSSR count). The van der Waals surface area contributed by atoms with Gasteiger partial charge < -0.3 is 19.7 Å². The molecular weight excluding hydrogens is 466 g/mol. The van der Waals surface area contributed by atoms with Crippen LogP contribution in [-0.2, 0) is 0 Å². The van der Waals surface area contributed by atoms with Gasteiger partial charge in [-0.1, -0.05) is 19.3 Å². The number of fused-ring (bicyclic) bond motifs is 3. The fourth-order valence-corrected chi connectivity index (χ4v) is 6.42.